The highest BCUT2D eigenvalue weighted by Crippen LogP contribution is 2.39. The lowest BCUT2D eigenvalue weighted by Gasteiger charge is -2.30. The number of nitrogens with two attached hydrogens (primary N) is 1. The molecule has 15 heteroatoms. The number of nitrogen functional groups attached to an aromatic ring is 1. The van der Waals surface area contributed by atoms with Crippen LogP contribution in [0.1, 0.15) is 47.2 Å². The average molecular weight is 587 g/mol. The molecule has 2 aliphatic rings. The number of halogens is 7. The molecular weight excluding hydrogens is 561 g/mol. The van der Waals surface area contributed by atoms with Crippen molar-refractivity contribution in [3.8, 4) is 11.3 Å². The Kier molecular flexibility index (Phi) is 7.32. The van der Waals surface area contributed by atoms with Crippen molar-refractivity contribution < 1.29 is 40.3 Å². The molecule has 41 heavy (non-hydrogen) atoms. The molecule has 5 rings (SSSR count). The van der Waals surface area contributed by atoms with Gasteiger partial charge >= 0.3 is 6.18 Å². The van der Waals surface area contributed by atoms with E-state index in [-0.39, 0.29) is 48.3 Å². The highest BCUT2D eigenvalue weighted by atomic mass is 19.4. The SMILES string of the molecule is Nc1ncnn2c(-c3ccc(CF)c(C(=O)N[C@@H]4CN(C(=O)C5CCC(F)(F)CC5)C[C@@H]4F)c3)cc(C(F)(F)F)c12. The molecule has 0 bridgehead atoms. The van der Waals surface area contributed by atoms with Gasteiger partial charge in [0, 0.05) is 36.4 Å². The lowest BCUT2D eigenvalue weighted by Crippen LogP contribution is -2.43. The predicted octanol–water partition coefficient (Wildman–Crippen LogP) is 4.57. The highest BCUT2D eigenvalue weighted by Gasteiger charge is 2.43. The van der Waals surface area contributed by atoms with Crippen LogP contribution in [0.5, 0.6) is 0 Å². The van der Waals surface area contributed by atoms with E-state index in [0.29, 0.717) is 0 Å². The van der Waals surface area contributed by atoms with Crippen LogP contribution in [0.25, 0.3) is 16.8 Å². The average Bonchev–Trinajstić information content (AvgIpc) is 3.49. The van der Waals surface area contributed by atoms with Crippen LogP contribution >= 0.6 is 0 Å². The largest absolute Gasteiger partial charge is 0.418 e. The summed E-state index contributed by atoms with van der Waals surface area (Å²) in [6.45, 7) is -1.65. The second kappa shape index (κ2) is 10.5. The Morgan fingerprint density at radius 3 is 2.49 bits per heavy atom. The van der Waals surface area contributed by atoms with Gasteiger partial charge in [-0.3, -0.25) is 9.59 Å². The van der Waals surface area contributed by atoms with E-state index in [1.165, 1.54) is 17.0 Å². The van der Waals surface area contributed by atoms with Crippen LogP contribution in [0, 0.1) is 5.92 Å². The Morgan fingerprint density at radius 2 is 1.83 bits per heavy atom. The number of nitrogens with one attached hydrogen (secondary N) is 1. The maximum Gasteiger partial charge on any atom is 0.418 e. The molecule has 0 spiro atoms. The third-order valence-corrected chi connectivity index (χ3v) is 7.63. The number of benzene rings is 1. The van der Waals surface area contributed by atoms with Gasteiger partial charge in [0.1, 0.15) is 24.7 Å². The van der Waals surface area contributed by atoms with E-state index >= 15 is 0 Å². The molecule has 0 radical (unpaired) electrons. The molecule has 3 N–H and O–H groups in total. The van der Waals surface area contributed by atoms with Crippen molar-refractivity contribution in [3.63, 3.8) is 0 Å². The number of nitrogens with zero attached hydrogens (tertiary/aromatic N) is 4. The number of carbonyl (C=O) groups excluding carboxylic acids is 2. The van der Waals surface area contributed by atoms with Gasteiger partial charge < -0.3 is 16.0 Å². The van der Waals surface area contributed by atoms with Crippen molar-refractivity contribution in [2.45, 2.75) is 56.7 Å². The molecule has 2 aromatic heterocycles. The fourth-order valence-corrected chi connectivity index (χ4v) is 5.42. The van der Waals surface area contributed by atoms with Crippen LogP contribution in [0.3, 0.4) is 0 Å². The normalized spacial score (nSPS) is 21.4. The number of carbonyl (C=O) groups is 2. The maximum atomic E-state index is 14.9. The lowest BCUT2D eigenvalue weighted by molar-refractivity contribution is -0.139. The summed E-state index contributed by atoms with van der Waals surface area (Å²) in [5, 5.41) is 6.30. The van der Waals surface area contributed by atoms with Crippen LogP contribution in [0.2, 0.25) is 0 Å². The third-order valence-electron chi connectivity index (χ3n) is 7.63. The van der Waals surface area contributed by atoms with E-state index in [4.69, 9.17) is 5.73 Å². The van der Waals surface area contributed by atoms with Crippen molar-refractivity contribution in [1.82, 2.24) is 24.8 Å². The number of hydrogen-bond donors (Lipinski definition) is 2. The van der Waals surface area contributed by atoms with E-state index < -0.39 is 78.5 Å². The summed E-state index contributed by atoms with van der Waals surface area (Å²) in [6.07, 6.45) is -6.43. The molecule has 8 nitrogen and oxygen atoms in total. The fourth-order valence-electron chi connectivity index (χ4n) is 5.42. The van der Waals surface area contributed by atoms with Crippen LogP contribution < -0.4 is 11.1 Å². The second-order valence-electron chi connectivity index (χ2n) is 10.3. The van der Waals surface area contributed by atoms with Crippen LogP contribution in [-0.2, 0) is 17.6 Å². The number of aromatic nitrogens is 3. The van der Waals surface area contributed by atoms with E-state index in [2.05, 4.69) is 15.4 Å². The van der Waals surface area contributed by atoms with E-state index in [9.17, 15) is 40.3 Å². The van der Waals surface area contributed by atoms with Gasteiger partial charge in [-0.05, 0) is 30.5 Å². The molecular formula is C26H25F7N6O2. The number of hydrogen-bond acceptors (Lipinski definition) is 5. The van der Waals surface area contributed by atoms with Crippen molar-refractivity contribution in [2.75, 3.05) is 18.8 Å². The Bertz CT molecular complexity index is 1480. The number of fused-ring (bicyclic) bond motifs is 1. The van der Waals surface area contributed by atoms with Gasteiger partial charge in [0.25, 0.3) is 5.91 Å². The molecule has 220 valence electrons. The van der Waals surface area contributed by atoms with Crippen molar-refractivity contribution in [3.05, 3.63) is 47.3 Å². The quantitative estimate of drug-likeness (QED) is 0.427. The summed E-state index contributed by atoms with van der Waals surface area (Å²) < 4.78 is 97.7. The molecule has 1 saturated heterocycles. The van der Waals surface area contributed by atoms with Crippen molar-refractivity contribution in [1.29, 1.82) is 0 Å². The molecule has 3 aromatic rings. The van der Waals surface area contributed by atoms with Gasteiger partial charge in [0.15, 0.2) is 5.82 Å². The third kappa shape index (κ3) is 5.53. The zero-order valence-corrected chi connectivity index (χ0v) is 21.4. The van der Waals surface area contributed by atoms with Crippen LogP contribution in [0.15, 0.2) is 30.6 Å². The number of likely N-dealkylation sites (tertiary alicyclic amines) is 1. The van der Waals surface area contributed by atoms with Crippen LogP contribution in [0.4, 0.5) is 36.6 Å². The maximum absolute atomic E-state index is 14.9. The van der Waals surface area contributed by atoms with E-state index in [0.717, 1.165) is 23.0 Å². The second-order valence-corrected chi connectivity index (χ2v) is 10.3. The fraction of sp³-hybridized carbons (Fsp3) is 0.462. The lowest BCUT2D eigenvalue weighted by atomic mass is 9.86. The molecule has 1 saturated carbocycles. The van der Waals surface area contributed by atoms with Crippen molar-refractivity contribution >= 4 is 23.1 Å². The minimum absolute atomic E-state index is 0.0238. The van der Waals surface area contributed by atoms with Gasteiger partial charge in [0.05, 0.1) is 23.8 Å². The first-order chi connectivity index (χ1) is 19.3. The van der Waals surface area contributed by atoms with E-state index in [1.807, 2.05) is 0 Å². The smallest absolute Gasteiger partial charge is 0.382 e. The number of anilines is 1. The van der Waals surface area contributed by atoms with Gasteiger partial charge in [0.2, 0.25) is 11.8 Å². The number of alkyl halides is 7. The summed E-state index contributed by atoms with van der Waals surface area (Å²) >= 11 is 0. The Morgan fingerprint density at radius 1 is 1.12 bits per heavy atom. The minimum Gasteiger partial charge on any atom is -0.382 e. The van der Waals surface area contributed by atoms with E-state index in [1.54, 1.807) is 0 Å². The summed E-state index contributed by atoms with van der Waals surface area (Å²) in [5.41, 5.74) is 3.72. The molecule has 2 atom stereocenters. The van der Waals surface area contributed by atoms with Gasteiger partial charge in [-0.15, -0.1) is 0 Å². The molecule has 3 heterocycles. The summed E-state index contributed by atoms with van der Waals surface area (Å²) in [7, 11) is 0. The molecule has 0 unspecified atom stereocenters. The van der Waals surface area contributed by atoms with Gasteiger partial charge in [-0.25, -0.2) is 27.1 Å². The van der Waals surface area contributed by atoms with Crippen LogP contribution in [-0.4, -0.2) is 62.5 Å². The zero-order valence-electron chi connectivity index (χ0n) is 21.4. The van der Waals surface area contributed by atoms with Crippen molar-refractivity contribution in [2.24, 2.45) is 5.92 Å². The number of rotatable bonds is 5. The first-order valence-electron chi connectivity index (χ1n) is 12.8. The monoisotopic (exact) mass is 586 g/mol. The van der Waals surface area contributed by atoms with Gasteiger partial charge in [-0.1, -0.05) is 12.1 Å². The predicted molar refractivity (Wildman–Crippen MR) is 132 cm³/mol. The summed E-state index contributed by atoms with van der Waals surface area (Å²) in [6, 6.07) is 3.32. The van der Waals surface area contributed by atoms with Gasteiger partial charge in [-0.2, -0.15) is 18.3 Å². The topological polar surface area (TPSA) is 106 Å². The first kappa shape index (κ1) is 28.6. The molecule has 1 aliphatic heterocycles. The first-order valence-corrected chi connectivity index (χ1v) is 12.8. The highest BCUT2D eigenvalue weighted by molar-refractivity contribution is 5.97. The Labute approximate surface area is 228 Å². The summed E-state index contributed by atoms with van der Waals surface area (Å²) in [4.78, 5) is 30.8. The number of amides is 2. The zero-order chi connectivity index (χ0) is 29.7. The molecule has 2 amide bonds. The minimum atomic E-state index is -4.80. The molecule has 2 fully saturated rings. The standard InChI is InChI=1S/C26H25F7N6O2/c27-9-15-2-1-14(20-8-17(26(31,32)33)21-22(34)35-12-36-39(20)21)7-16(15)23(40)37-19-11-38(10-18(19)28)24(41)13-3-5-25(29,30)6-4-13/h1-2,7-8,12-13,18-19H,3-6,9-11H2,(H,37,40)(H2,34,35,36)/t18-,19+/m0/s1. The summed E-state index contributed by atoms with van der Waals surface area (Å²) in [5.74, 6) is -5.28. The Hall–Kier alpha value is -3.91. The molecule has 1 aliphatic carbocycles. The molecule has 1 aromatic carbocycles. The Balaban J connectivity index is 1.38.